The van der Waals surface area contributed by atoms with Crippen LogP contribution in [0.2, 0.25) is 0 Å². The number of aromatic nitrogens is 3. The summed E-state index contributed by atoms with van der Waals surface area (Å²) in [7, 11) is 0. The largest absolute Gasteiger partial charge is 0.342 e. The molecule has 0 saturated carbocycles. The van der Waals surface area contributed by atoms with Crippen molar-refractivity contribution in [1.82, 2.24) is 24.4 Å². The second-order valence-electron chi connectivity index (χ2n) is 11.3. The number of carbonyl (C=O) groups excluding carboxylic acids is 2. The molecule has 4 heterocycles. The maximum atomic E-state index is 13.3. The van der Waals surface area contributed by atoms with Gasteiger partial charge >= 0.3 is 0 Å². The van der Waals surface area contributed by atoms with Gasteiger partial charge in [-0.15, -0.1) is 0 Å². The number of nitrogens with zero attached hydrogens (tertiary/aromatic N) is 4. The zero-order valence-corrected chi connectivity index (χ0v) is 20.1. The van der Waals surface area contributed by atoms with Gasteiger partial charge in [-0.05, 0) is 12.8 Å². The van der Waals surface area contributed by atoms with E-state index < -0.39 is 10.8 Å². The number of aromatic amines is 1. The van der Waals surface area contributed by atoms with Crippen LogP contribution in [0, 0.1) is 10.8 Å². The number of fused-ring (bicyclic) bond motifs is 2. The summed E-state index contributed by atoms with van der Waals surface area (Å²) >= 11 is 0. The highest BCUT2D eigenvalue weighted by Crippen LogP contribution is 2.30. The Hall–Kier alpha value is -2.64. The van der Waals surface area contributed by atoms with Crippen molar-refractivity contribution in [2.24, 2.45) is 10.8 Å². The van der Waals surface area contributed by atoms with Crippen molar-refractivity contribution in [3.05, 3.63) is 33.4 Å². The first-order valence-electron chi connectivity index (χ1n) is 11.6. The number of carbonyl (C=O) groups is 2. The number of hydrogen-bond donors (Lipinski definition) is 1. The van der Waals surface area contributed by atoms with Crippen LogP contribution in [0.1, 0.15) is 77.3 Å². The Morgan fingerprint density at radius 2 is 1.69 bits per heavy atom. The third-order valence-corrected chi connectivity index (χ3v) is 6.50. The van der Waals surface area contributed by atoms with Gasteiger partial charge in [0, 0.05) is 54.6 Å². The minimum atomic E-state index is -0.484. The minimum absolute atomic E-state index is 0.0469. The minimum Gasteiger partial charge on any atom is -0.342 e. The molecule has 2 aromatic heterocycles. The summed E-state index contributed by atoms with van der Waals surface area (Å²) in [6.07, 6.45) is 2.48. The van der Waals surface area contributed by atoms with E-state index in [1.165, 1.54) is 4.52 Å². The first kappa shape index (κ1) is 22.6. The molecule has 8 heteroatoms. The standard InChI is InChI=1S/C24H35N5O3/c1-23(2,3)21(31)27-10-7-8-15(13-27)18-12-19-25-17-9-11-28(22(32)24(4,5)6)14-16(17)20(30)29(19)26-18/h12,15,26H,7-11,13-14H2,1-6H3/t15-/m1/s1. The van der Waals surface area contributed by atoms with Crippen LogP contribution in [-0.4, -0.2) is 55.8 Å². The Bertz CT molecular complexity index is 1120. The Labute approximate surface area is 189 Å². The zero-order valence-electron chi connectivity index (χ0n) is 20.1. The molecule has 1 atom stereocenters. The molecule has 1 fully saturated rings. The lowest BCUT2D eigenvalue weighted by Crippen LogP contribution is -2.45. The normalized spacial score (nSPS) is 19.9. The van der Waals surface area contributed by atoms with Gasteiger partial charge in [0.1, 0.15) is 0 Å². The van der Waals surface area contributed by atoms with Gasteiger partial charge in [-0.25, -0.2) is 9.50 Å². The second kappa shape index (κ2) is 7.74. The van der Waals surface area contributed by atoms with Crippen molar-refractivity contribution in [2.75, 3.05) is 19.6 Å². The first-order valence-corrected chi connectivity index (χ1v) is 11.6. The molecule has 2 aliphatic rings. The third kappa shape index (κ3) is 4.07. The average Bonchev–Trinajstić information content (AvgIpc) is 3.16. The lowest BCUT2D eigenvalue weighted by molar-refractivity contribution is -0.141. The van der Waals surface area contributed by atoms with Crippen LogP contribution in [0.3, 0.4) is 0 Å². The van der Waals surface area contributed by atoms with E-state index in [2.05, 4.69) is 5.10 Å². The molecule has 0 unspecified atom stereocenters. The van der Waals surface area contributed by atoms with E-state index >= 15 is 0 Å². The summed E-state index contributed by atoms with van der Waals surface area (Å²) in [6.45, 7) is 13.8. The molecule has 0 bridgehead atoms. The highest BCUT2D eigenvalue weighted by Gasteiger charge is 2.34. The van der Waals surface area contributed by atoms with Gasteiger partial charge in [0.2, 0.25) is 11.8 Å². The molecule has 2 aromatic rings. The average molecular weight is 442 g/mol. The van der Waals surface area contributed by atoms with Crippen molar-refractivity contribution in [3.8, 4) is 0 Å². The molecule has 8 nitrogen and oxygen atoms in total. The Morgan fingerprint density at radius 1 is 1.03 bits per heavy atom. The predicted molar refractivity (Wildman–Crippen MR) is 122 cm³/mol. The van der Waals surface area contributed by atoms with Gasteiger partial charge in [0.15, 0.2) is 5.65 Å². The predicted octanol–water partition coefficient (Wildman–Crippen LogP) is 2.71. The fourth-order valence-electron chi connectivity index (χ4n) is 4.75. The van der Waals surface area contributed by atoms with Gasteiger partial charge in [-0.3, -0.25) is 19.5 Å². The summed E-state index contributed by atoms with van der Waals surface area (Å²) in [4.78, 5) is 47.2. The number of nitrogens with one attached hydrogen (secondary N) is 1. The summed E-state index contributed by atoms with van der Waals surface area (Å²) in [5.74, 6) is 0.352. The molecule has 1 N–H and O–H groups in total. The van der Waals surface area contributed by atoms with E-state index in [-0.39, 0.29) is 23.3 Å². The highest BCUT2D eigenvalue weighted by atomic mass is 16.2. The van der Waals surface area contributed by atoms with Crippen LogP contribution in [0.4, 0.5) is 0 Å². The molecule has 0 spiro atoms. The van der Waals surface area contributed by atoms with E-state index in [0.29, 0.717) is 37.3 Å². The Kier molecular flexibility index (Phi) is 5.46. The number of likely N-dealkylation sites (tertiary alicyclic amines) is 1. The number of H-pyrrole nitrogens is 1. The zero-order chi connectivity index (χ0) is 23.4. The van der Waals surface area contributed by atoms with Crippen LogP contribution >= 0.6 is 0 Å². The molecule has 4 rings (SSSR count). The monoisotopic (exact) mass is 441 g/mol. The maximum absolute atomic E-state index is 13.3. The third-order valence-electron chi connectivity index (χ3n) is 6.50. The van der Waals surface area contributed by atoms with Gasteiger partial charge in [0.25, 0.3) is 5.56 Å². The highest BCUT2D eigenvalue weighted by molar-refractivity contribution is 5.82. The summed E-state index contributed by atoms with van der Waals surface area (Å²) in [5, 5.41) is 3.26. The summed E-state index contributed by atoms with van der Waals surface area (Å²) in [6, 6.07) is 1.95. The van der Waals surface area contributed by atoms with Crippen molar-refractivity contribution >= 4 is 17.5 Å². The molecule has 174 valence electrons. The van der Waals surface area contributed by atoms with Gasteiger partial charge in [-0.1, -0.05) is 41.5 Å². The molecule has 0 aliphatic carbocycles. The van der Waals surface area contributed by atoms with Crippen LogP contribution in [0.25, 0.3) is 5.65 Å². The van der Waals surface area contributed by atoms with Crippen LogP contribution in [0.15, 0.2) is 10.9 Å². The second-order valence-corrected chi connectivity index (χ2v) is 11.3. The fourth-order valence-corrected chi connectivity index (χ4v) is 4.75. The van der Waals surface area contributed by atoms with E-state index in [1.807, 2.05) is 52.5 Å². The smallest absolute Gasteiger partial charge is 0.277 e. The number of piperidine rings is 1. The maximum Gasteiger partial charge on any atom is 0.277 e. The van der Waals surface area contributed by atoms with Gasteiger partial charge < -0.3 is 9.80 Å². The molecule has 0 aromatic carbocycles. The number of rotatable bonds is 1. The Morgan fingerprint density at radius 3 is 2.34 bits per heavy atom. The molecule has 32 heavy (non-hydrogen) atoms. The SMILES string of the molecule is CC(C)(C)C(=O)N1CCc2nc3cc([C@@H]4CCCN(C(=O)C(C)(C)C)C4)[nH]n3c(=O)c2C1. The van der Waals surface area contributed by atoms with Gasteiger partial charge in [0.05, 0.1) is 17.8 Å². The van der Waals surface area contributed by atoms with E-state index in [1.54, 1.807) is 4.90 Å². The summed E-state index contributed by atoms with van der Waals surface area (Å²) in [5.41, 5.74) is 1.89. The Balaban J connectivity index is 1.62. The number of hydrogen-bond acceptors (Lipinski definition) is 4. The van der Waals surface area contributed by atoms with Crippen LogP contribution in [-0.2, 0) is 22.6 Å². The summed E-state index contributed by atoms with van der Waals surface area (Å²) < 4.78 is 1.50. The lowest BCUT2D eigenvalue weighted by atomic mass is 9.90. The van der Waals surface area contributed by atoms with E-state index in [0.717, 1.165) is 30.8 Å². The van der Waals surface area contributed by atoms with Gasteiger partial charge in [-0.2, -0.15) is 0 Å². The molecule has 0 radical (unpaired) electrons. The first-order chi connectivity index (χ1) is 14.9. The van der Waals surface area contributed by atoms with E-state index in [9.17, 15) is 14.4 Å². The fraction of sp³-hybridized carbons (Fsp3) is 0.667. The van der Waals surface area contributed by atoms with Crippen molar-refractivity contribution in [1.29, 1.82) is 0 Å². The van der Waals surface area contributed by atoms with Crippen LogP contribution in [0.5, 0.6) is 0 Å². The topological polar surface area (TPSA) is 90.8 Å². The molecule has 2 aliphatic heterocycles. The van der Waals surface area contributed by atoms with Crippen molar-refractivity contribution in [3.63, 3.8) is 0 Å². The van der Waals surface area contributed by atoms with Crippen LogP contribution < -0.4 is 5.56 Å². The quantitative estimate of drug-likeness (QED) is 0.737. The van der Waals surface area contributed by atoms with Crippen molar-refractivity contribution in [2.45, 2.75) is 73.3 Å². The molecular formula is C24H35N5O3. The van der Waals surface area contributed by atoms with E-state index in [4.69, 9.17) is 4.98 Å². The van der Waals surface area contributed by atoms with Crippen molar-refractivity contribution < 1.29 is 9.59 Å². The molecular weight excluding hydrogens is 406 g/mol. The lowest BCUT2D eigenvalue weighted by Gasteiger charge is -2.36. The molecule has 1 saturated heterocycles. The number of amides is 2. The molecule has 2 amide bonds.